The van der Waals surface area contributed by atoms with Gasteiger partial charge in [0.15, 0.2) is 6.10 Å². The number of ether oxygens (including phenoxy) is 3. The van der Waals surface area contributed by atoms with Crippen molar-refractivity contribution in [1.29, 1.82) is 0 Å². The molecule has 0 radical (unpaired) electrons. The molecule has 0 amide bonds. The highest BCUT2D eigenvalue weighted by Gasteiger charge is 2.17. The maximum atomic E-state index is 12.8. The van der Waals surface area contributed by atoms with Crippen LogP contribution in [0.1, 0.15) is 226 Å². The van der Waals surface area contributed by atoms with E-state index in [-0.39, 0.29) is 25.2 Å². The van der Waals surface area contributed by atoms with E-state index < -0.39 is 6.10 Å². The number of allylic oxidation sites excluding steroid dienone is 16. The molecule has 0 saturated carbocycles. The first kappa shape index (κ1) is 58.8. The first-order valence-corrected chi connectivity index (χ1v) is 25.8. The molecule has 62 heavy (non-hydrogen) atoms. The summed E-state index contributed by atoms with van der Waals surface area (Å²) in [5.74, 6) is -0.465. The van der Waals surface area contributed by atoms with E-state index in [4.69, 9.17) is 14.2 Å². The molecule has 0 aromatic carbocycles. The number of rotatable bonds is 46. The second kappa shape index (κ2) is 52.2. The third kappa shape index (κ3) is 49.5. The number of unbranched alkanes of at least 4 members (excludes halogenated alkanes) is 19. The van der Waals surface area contributed by atoms with Gasteiger partial charge in [-0.2, -0.15) is 0 Å². The predicted octanol–water partition coefficient (Wildman–Crippen LogP) is 17.5. The molecule has 1 unspecified atom stereocenters. The molecule has 0 aliphatic carbocycles. The van der Waals surface area contributed by atoms with Crippen LogP contribution in [0, 0.1) is 0 Å². The van der Waals surface area contributed by atoms with Crippen molar-refractivity contribution in [3.8, 4) is 0 Å². The minimum Gasteiger partial charge on any atom is -0.462 e. The van der Waals surface area contributed by atoms with Crippen molar-refractivity contribution >= 4 is 11.9 Å². The van der Waals surface area contributed by atoms with Gasteiger partial charge in [0.25, 0.3) is 0 Å². The number of carbonyl (C=O) groups is 2. The zero-order valence-electron chi connectivity index (χ0n) is 40.6. The van der Waals surface area contributed by atoms with E-state index in [0.29, 0.717) is 19.4 Å². The van der Waals surface area contributed by atoms with Gasteiger partial charge in [0.05, 0.1) is 6.61 Å². The lowest BCUT2D eigenvalue weighted by atomic mass is 10.1. The first-order chi connectivity index (χ1) is 30.6. The Morgan fingerprint density at radius 3 is 1.19 bits per heavy atom. The highest BCUT2D eigenvalue weighted by Crippen LogP contribution is 2.12. The zero-order chi connectivity index (χ0) is 44.9. The second-order valence-corrected chi connectivity index (χ2v) is 16.7. The SMILES string of the molecule is CC/C=C\C/C=C\C/C=C\C/C=C\CCCCCCC(=O)OCC(COCCCCCCCC/C=C\CCCCCCCC)OC(=O)CCCCC/C=C\C/C=C\C/C=C\CC. The van der Waals surface area contributed by atoms with Crippen LogP contribution >= 0.6 is 0 Å². The minimum absolute atomic E-state index is 0.0535. The van der Waals surface area contributed by atoms with E-state index in [1.165, 1.54) is 77.0 Å². The van der Waals surface area contributed by atoms with Crippen LogP contribution in [0.4, 0.5) is 0 Å². The highest BCUT2D eigenvalue weighted by molar-refractivity contribution is 5.70. The fourth-order valence-electron chi connectivity index (χ4n) is 6.80. The quantitative estimate of drug-likeness (QED) is 0.0347. The lowest BCUT2D eigenvalue weighted by Gasteiger charge is -2.18. The van der Waals surface area contributed by atoms with Gasteiger partial charge in [-0.1, -0.05) is 195 Å². The molecule has 0 aliphatic rings. The van der Waals surface area contributed by atoms with Crippen molar-refractivity contribution in [2.75, 3.05) is 19.8 Å². The molecule has 0 fully saturated rings. The monoisotopic (exact) mass is 861 g/mol. The Bertz CT molecular complexity index is 1200. The first-order valence-electron chi connectivity index (χ1n) is 25.8. The van der Waals surface area contributed by atoms with Crippen LogP contribution in [-0.2, 0) is 23.8 Å². The molecule has 0 bridgehead atoms. The standard InChI is InChI=1S/C57H96O5/c1-4-7-10-13-16-19-22-25-27-29-30-33-35-38-41-44-47-50-56(58)61-54-55(62-57(59)51-48-45-42-39-36-32-24-21-18-15-12-9-6-3)53-60-52-49-46-43-40-37-34-31-28-26-23-20-17-14-11-8-5-2/h7,9-10,12,16,18-19,21,25-28,30,32-33,36,55H,4-6,8,11,13-15,17,20,22-24,29,31,34-35,37-54H2,1-3H3/b10-7-,12-9-,19-16-,21-18-,27-25-,28-26-,33-30-,36-32-. The second-order valence-electron chi connectivity index (χ2n) is 16.7. The van der Waals surface area contributed by atoms with Gasteiger partial charge >= 0.3 is 11.9 Å². The van der Waals surface area contributed by atoms with Gasteiger partial charge in [-0.05, 0) is 116 Å². The molecular weight excluding hydrogens is 765 g/mol. The summed E-state index contributed by atoms with van der Waals surface area (Å²) in [6.07, 6.45) is 69.9. The molecule has 0 N–H and O–H groups in total. The van der Waals surface area contributed by atoms with Gasteiger partial charge in [-0.15, -0.1) is 0 Å². The minimum atomic E-state index is -0.569. The number of hydrogen-bond donors (Lipinski definition) is 0. The third-order valence-corrected chi connectivity index (χ3v) is 10.6. The van der Waals surface area contributed by atoms with Gasteiger partial charge in [-0.25, -0.2) is 0 Å². The average Bonchev–Trinajstić information content (AvgIpc) is 3.27. The van der Waals surface area contributed by atoms with E-state index in [9.17, 15) is 9.59 Å². The summed E-state index contributed by atoms with van der Waals surface area (Å²) in [5, 5.41) is 0. The maximum Gasteiger partial charge on any atom is 0.306 e. The van der Waals surface area contributed by atoms with Crippen LogP contribution < -0.4 is 0 Å². The van der Waals surface area contributed by atoms with Gasteiger partial charge in [-0.3, -0.25) is 9.59 Å². The summed E-state index contributed by atoms with van der Waals surface area (Å²) in [5.41, 5.74) is 0. The molecule has 0 spiro atoms. The van der Waals surface area contributed by atoms with Crippen LogP contribution in [0.25, 0.3) is 0 Å². The van der Waals surface area contributed by atoms with Crippen molar-refractivity contribution in [3.05, 3.63) is 97.2 Å². The topological polar surface area (TPSA) is 61.8 Å². The summed E-state index contributed by atoms with van der Waals surface area (Å²) in [6, 6.07) is 0. The number of esters is 2. The van der Waals surface area contributed by atoms with Crippen molar-refractivity contribution in [2.24, 2.45) is 0 Å². The van der Waals surface area contributed by atoms with E-state index in [1.54, 1.807) is 0 Å². The summed E-state index contributed by atoms with van der Waals surface area (Å²) >= 11 is 0. The molecule has 5 heteroatoms. The van der Waals surface area contributed by atoms with Gasteiger partial charge < -0.3 is 14.2 Å². The van der Waals surface area contributed by atoms with Crippen molar-refractivity contribution < 1.29 is 23.8 Å². The highest BCUT2D eigenvalue weighted by atomic mass is 16.6. The Labute approximate surface area is 383 Å². The summed E-state index contributed by atoms with van der Waals surface area (Å²) in [7, 11) is 0. The van der Waals surface area contributed by atoms with Crippen LogP contribution in [0.5, 0.6) is 0 Å². The van der Waals surface area contributed by atoms with Crippen LogP contribution in [0.2, 0.25) is 0 Å². The van der Waals surface area contributed by atoms with Crippen molar-refractivity contribution in [3.63, 3.8) is 0 Å². The maximum absolute atomic E-state index is 12.8. The zero-order valence-corrected chi connectivity index (χ0v) is 40.6. The fraction of sp³-hybridized carbons (Fsp3) is 0.684. The van der Waals surface area contributed by atoms with Crippen molar-refractivity contribution in [2.45, 2.75) is 232 Å². The van der Waals surface area contributed by atoms with Crippen molar-refractivity contribution in [1.82, 2.24) is 0 Å². The normalized spacial score (nSPS) is 13.0. The average molecular weight is 861 g/mol. The van der Waals surface area contributed by atoms with Crippen LogP contribution in [0.15, 0.2) is 97.2 Å². The Morgan fingerprint density at radius 2 is 0.726 bits per heavy atom. The Morgan fingerprint density at radius 1 is 0.371 bits per heavy atom. The molecule has 1 atom stereocenters. The lowest BCUT2D eigenvalue weighted by Crippen LogP contribution is -2.30. The third-order valence-electron chi connectivity index (χ3n) is 10.6. The van der Waals surface area contributed by atoms with E-state index in [2.05, 4.69) is 118 Å². The predicted molar refractivity (Wildman–Crippen MR) is 270 cm³/mol. The van der Waals surface area contributed by atoms with E-state index >= 15 is 0 Å². The molecule has 0 aromatic rings. The lowest BCUT2D eigenvalue weighted by molar-refractivity contribution is -0.163. The summed E-state index contributed by atoms with van der Waals surface area (Å²) in [4.78, 5) is 25.4. The molecule has 0 saturated heterocycles. The fourth-order valence-corrected chi connectivity index (χ4v) is 6.80. The summed E-state index contributed by atoms with van der Waals surface area (Å²) < 4.78 is 17.4. The van der Waals surface area contributed by atoms with Gasteiger partial charge in [0.1, 0.15) is 6.61 Å². The Balaban J connectivity index is 4.36. The molecule has 0 aromatic heterocycles. The van der Waals surface area contributed by atoms with Crippen LogP contribution in [-0.4, -0.2) is 37.9 Å². The molecule has 0 rings (SSSR count). The Kier molecular flexibility index (Phi) is 49.5. The largest absolute Gasteiger partial charge is 0.462 e. The molecule has 0 heterocycles. The van der Waals surface area contributed by atoms with Gasteiger partial charge in [0, 0.05) is 19.4 Å². The van der Waals surface area contributed by atoms with E-state index in [0.717, 1.165) is 116 Å². The molecule has 0 aliphatic heterocycles. The summed E-state index contributed by atoms with van der Waals surface area (Å²) in [6.45, 7) is 7.52. The van der Waals surface area contributed by atoms with E-state index in [1.807, 2.05) is 0 Å². The molecular formula is C57H96O5. The smallest absolute Gasteiger partial charge is 0.306 e. The molecule has 5 nitrogen and oxygen atoms in total. The Hall–Kier alpha value is -3.18. The van der Waals surface area contributed by atoms with Crippen LogP contribution in [0.3, 0.4) is 0 Å². The molecule has 354 valence electrons. The van der Waals surface area contributed by atoms with Gasteiger partial charge in [0.2, 0.25) is 0 Å². The number of carbonyl (C=O) groups excluding carboxylic acids is 2. The number of hydrogen-bond acceptors (Lipinski definition) is 5.